The quantitative estimate of drug-likeness (QED) is 0.494. The van der Waals surface area contributed by atoms with Gasteiger partial charge < -0.3 is 14.8 Å². The molecule has 0 radical (unpaired) electrons. The lowest BCUT2D eigenvalue weighted by Crippen LogP contribution is -1.90. The highest BCUT2D eigenvalue weighted by atomic mass is 32.1. The summed E-state index contributed by atoms with van der Waals surface area (Å²) in [4.78, 5) is 9.29. The molecular weight excluding hydrogens is 366 g/mol. The van der Waals surface area contributed by atoms with E-state index in [1.54, 1.807) is 36.9 Å². The summed E-state index contributed by atoms with van der Waals surface area (Å²) in [6.45, 7) is 2.08. The van der Waals surface area contributed by atoms with Crippen LogP contribution in [0.15, 0.2) is 41.8 Å². The van der Waals surface area contributed by atoms with E-state index in [9.17, 15) is 0 Å². The Morgan fingerprint density at radius 1 is 0.923 bits per heavy atom. The molecule has 1 N–H and O–H groups in total. The van der Waals surface area contributed by atoms with Crippen LogP contribution in [0.5, 0.6) is 11.5 Å². The molecule has 4 rings (SSSR count). The summed E-state index contributed by atoms with van der Waals surface area (Å²) in [6.07, 6.45) is 0. The maximum Gasteiger partial charge on any atom is 0.190 e. The third-order valence-corrected chi connectivity index (χ3v) is 5.65. The first kappa shape index (κ1) is 16.8. The summed E-state index contributed by atoms with van der Waals surface area (Å²) in [5.74, 6) is 1.37. The lowest BCUT2D eigenvalue weighted by molar-refractivity contribution is 0.356. The van der Waals surface area contributed by atoms with E-state index in [1.807, 2.05) is 17.5 Å². The third-order valence-electron chi connectivity index (χ3n) is 3.96. The number of benzene rings is 2. The third kappa shape index (κ3) is 3.23. The molecule has 0 atom stereocenters. The first-order chi connectivity index (χ1) is 12.7. The van der Waals surface area contributed by atoms with Gasteiger partial charge in [-0.2, -0.15) is 0 Å². The molecule has 5 nitrogen and oxygen atoms in total. The highest BCUT2D eigenvalue weighted by Gasteiger charge is 2.12. The van der Waals surface area contributed by atoms with Crippen molar-refractivity contribution in [3.8, 4) is 22.8 Å². The van der Waals surface area contributed by atoms with Gasteiger partial charge in [0.15, 0.2) is 21.8 Å². The molecule has 132 valence electrons. The molecule has 0 bridgehead atoms. The number of aromatic nitrogens is 2. The molecule has 0 spiro atoms. The fraction of sp³-hybridized carbons (Fsp3) is 0.158. The van der Waals surface area contributed by atoms with Crippen molar-refractivity contribution in [2.75, 3.05) is 19.5 Å². The Balaban J connectivity index is 1.60. The number of methoxy groups -OCH3 is 2. The zero-order valence-corrected chi connectivity index (χ0v) is 16.2. The minimum atomic E-state index is 0.674. The number of anilines is 2. The largest absolute Gasteiger partial charge is 0.493 e. The molecule has 4 aromatic rings. The van der Waals surface area contributed by atoms with E-state index in [0.29, 0.717) is 11.5 Å². The van der Waals surface area contributed by atoms with Crippen LogP contribution < -0.4 is 14.8 Å². The molecule has 0 aliphatic carbocycles. The lowest BCUT2D eigenvalue weighted by atomic mass is 10.1. The summed E-state index contributed by atoms with van der Waals surface area (Å²) in [7, 11) is 3.25. The van der Waals surface area contributed by atoms with Crippen molar-refractivity contribution in [2.45, 2.75) is 6.92 Å². The average molecular weight is 383 g/mol. The highest BCUT2D eigenvalue weighted by Crippen LogP contribution is 2.37. The lowest BCUT2D eigenvalue weighted by Gasteiger charge is -2.05. The predicted molar refractivity (Wildman–Crippen MR) is 108 cm³/mol. The van der Waals surface area contributed by atoms with Crippen LogP contribution in [0.4, 0.5) is 10.3 Å². The second-order valence-electron chi connectivity index (χ2n) is 5.72. The highest BCUT2D eigenvalue weighted by molar-refractivity contribution is 7.22. The summed E-state index contributed by atoms with van der Waals surface area (Å²) in [5, 5.41) is 6.96. The van der Waals surface area contributed by atoms with E-state index in [2.05, 4.69) is 46.5 Å². The Morgan fingerprint density at radius 3 is 2.38 bits per heavy atom. The molecule has 0 fully saturated rings. The van der Waals surface area contributed by atoms with Crippen molar-refractivity contribution >= 4 is 43.2 Å². The number of rotatable bonds is 5. The fourth-order valence-electron chi connectivity index (χ4n) is 2.59. The van der Waals surface area contributed by atoms with Crippen LogP contribution in [0.25, 0.3) is 21.5 Å². The Labute approximate surface area is 159 Å². The number of nitrogens with one attached hydrogen (secondary N) is 1. The molecule has 2 aromatic carbocycles. The van der Waals surface area contributed by atoms with E-state index < -0.39 is 0 Å². The van der Waals surface area contributed by atoms with Crippen molar-refractivity contribution in [2.24, 2.45) is 0 Å². The molecule has 26 heavy (non-hydrogen) atoms. The van der Waals surface area contributed by atoms with Gasteiger partial charge in [-0.15, -0.1) is 11.3 Å². The summed E-state index contributed by atoms with van der Waals surface area (Å²) in [5.41, 5.74) is 4.17. The standard InChI is InChI=1S/C19H17N3O2S2/c1-11-4-6-12(7-5-11)14-10-25-18(21-14)22-19-20-13-8-15(23-2)16(24-3)9-17(13)26-19/h4-10H,1-3H3,(H,20,21,22). The van der Waals surface area contributed by atoms with Gasteiger partial charge in [0.05, 0.1) is 30.1 Å². The first-order valence-corrected chi connectivity index (χ1v) is 9.68. The van der Waals surface area contributed by atoms with Gasteiger partial charge in [0.1, 0.15) is 0 Å². The number of aryl methyl sites for hydroxylation is 1. The van der Waals surface area contributed by atoms with Gasteiger partial charge in [0, 0.05) is 23.1 Å². The number of ether oxygens (including phenoxy) is 2. The fourth-order valence-corrected chi connectivity index (χ4v) is 4.25. The molecule has 0 aliphatic heterocycles. The van der Waals surface area contributed by atoms with Crippen LogP contribution in [0, 0.1) is 6.92 Å². The maximum absolute atomic E-state index is 5.36. The molecule has 7 heteroatoms. The second-order valence-corrected chi connectivity index (χ2v) is 7.61. The predicted octanol–water partition coefficient (Wildman–Crippen LogP) is 5.49. The Hall–Kier alpha value is -2.64. The van der Waals surface area contributed by atoms with Gasteiger partial charge in [0.25, 0.3) is 0 Å². The van der Waals surface area contributed by atoms with Crippen LogP contribution >= 0.6 is 22.7 Å². The normalized spacial score (nSPS) is 10.9. The van der Waals surface area contributed by atoms with E-state index in [4.69, 9.17) is 9.47 Å². The number of nitrogens with zero attached hydrogens (tertiary/aromatic N) is 2. The van der Waals surface area contributed by atoms with Crippen molar-refractivity contribution in [1.29, 1.82) is 0 Å². The average Bonchev–Trinajstić information content (AvgIpc) is 3.27. The zero-order valence-electron chi connectivity index (χ0n) is 14.6. The maximum atomic E-state index is 5.36. The minimum absolute atomic E-state index is 0.674. The number of hydrogen-bond acceptors (Lipinski definition) is 7. The van der Waals surface area contributed by atoms with Crippen LogP contribution in [-0.4, -0.2) is 24.2 Å². The van der Waals surface area contributed by atoms with Crippen LogP contribution in [0.1, 0.15) is 5.56 Å². The van der Waals surface area contributed by atoms with E-state index in [1.165, 1.54) is 5.56 Å². The van der Waals surface area contributed by atoms with Gasteiger partial charge in [-0.3, -0.25) is 0 Å². The topological polar surface area (TPSA) is 56.3 Å². The Kier molecular flexibility index (Phi) is 4.48. The van der Waals surface area contributed by atoms with Gasteiger partial charge in [-0.1, -0.05) is 41.2 Å². The molecule has 0 amide bonds. The summed E-state index contributed by atoms with van der Waals surface area (Å²) in [6, 6.07) is 12.2. The van der Waals surface area contributed by atoms with E-state index >= 15 is 0 Å². The molecule has 2 aromatic heterocycles. The smallest absolute Gasteiger partial charge is 0.190 e. The van der Waals surface area contributed by atoms with Crippen molar-refractivity contribution < 1.29 is 9.47 Å². The molecule has 0 saturated heterocycles. The van der Waals surface area contributed by atoms with E-state index in [0.717, 1.165) is 31.7 Å². The van der Waals surface area contributed by atoms with Crippen LogP contribution in [-0.2, 0) is 0 Å². The number of hydrogen-bond donors (Lipinski definition) is 1. The van der Waals surface area contributed by atoms with E-state index in [-0.39, 0.29) is 0 Å². The SMILES string of the molecule is COc1cc2nc(Nc3nc(-c4ccc(C)cc4)cs3)sc2cc1OC. The molecule has 0 unspecified atom stereocenters. The van der Waals surface area contributed by atoms with Crippen LogP contribution in [0.3, 0.4) is 0 Å². The molecule has 0 aliphatic rings. The van der Waals surface area contributed by atoms with Crippen LogP contribution in [0.2, 0.25) is 0 Å². The summed E-state index contributed by atoms with van der Waals surface area (Å²) < 4.78 is 11.7. The number of thiazole rings is 2. The second kappa shape index (κ2) is 6.93. The van der Waals surface area contributed by atoms with Crippen molar-refractivity contribution in [3.63, 3.8) is 0 Å². The summed E-state index contributed by atoms with van der Waals surface area (Å²) >= 11 is 3.12. The van der Waals surface area contributed by atoms with Gasteiger partial charge in [-0.25, -0.2) is 9.97 Å². The van der Waals surface area contributed by atoms with Gasteiger partial charge >= 0.3 is 0 Å². The zero-order chi connectivity index (χ0) is 18.1. The Morgan fingerprint density at radius 2 is 1.65 bits per heavy atom. The monoisotopic (exact) mass is 383 g/mol. The van der Waals surface area contributed by atoms with Gasteiger partial charge in [0.2, 0.25) is 0 Å². The first-order valence-electron chi connectivity index (χ1n) is 7.98. The van der Waals surface area contributed by atoms with Crippen molar-refractivity contribution in [1.82, 2.24) is 9.97 Å². The molecule has 2 heterocycles. The minimum Gasteiger partial charge on any atom is -0.493 e. The molecule has 0 saturated carbocycles. The number of fused-ring (bicyclic) bond motifs is 1. The van der Waals surface area contributed by atoms with Gasteiger partial charge in [-0.05, 0) is 6.92 Å². The molecular formula is C19H17N3O2S2. The Bertz CT molecular complexity index is 1010. The van der Waals surface area contributed by atoms with Crippen molar-refractivity contribution in [3.05, 3.63) is 47.3 Å².